The summed E-state index contributed by atoms with van der Waals surface area (Å²) in [7, 11) is 0. The lowest BCUT2D eigenvalue weighted by molar-refractivity contribution is 0.217. The predicted octanol–water partition coefficient (Wildman–Crippen LogP) is 4.08. The Hall–Kier alpha value is -1.06. The minimum atomic E-state index is 0.0340. The van der Waals surface area contributed by atoms with Gasteiger partial charge < -0.3 is 15.6 Å². The van der Waals surface area contributed by atoms with Crippen LogP contribution in [0.5, 0.6) is 5.75 Å². The van der Waals surface area contributed by atoms with Crippen LogP contribution in [0, 0.1) is 11.8 Å². The van der Waals surface area contributed by atoms with E-state index in [-0.39, 0.29) is 17.9 Å². The Balaban J connectivity index is 3.03. The Morgan fingerprint density at radius 3 is 2.30 bits per heavy atom. The molecule has 0 amide bonds. The molecule has 0 aliphatic carbocycles. The number of hydrogen-bond acceptors (Lipinski definition) is 3. The first-order valence-corrected chi connectivity index (χ1v) is 8.77. The van der Waals surface area contributed by atoms with E-state index < -0.39 is 0 Å². The summed E-state index contributed by atoms with van der Waals surface area (Å²) in [5, 5.41) is 9.37. The molecule has 0 saturated carbocycles. The summed E-state index contributed by atoms with van der Waals surface area (Å²) in [5.74, 6) is 2.03. The molecule has 1 rings (SSSR count). The zero-order valence-corrected chi connectivity index (χ0v) is 15.7. The Morgan fingerprint density at radius 2 is 1.83 bits per heavy atom. The van der Waals surface area contributed by atoms with Crippen molar-refractivity contribution in [2.75, 3.05) is 19.8 Å². The van der Waals surface area contributed by atoms with Gasteiger partial charge in [-0.3, -0.25) is 0 Å². The quantitative estimate of drug-likeness (QED) is 0.758. The van der Waals surface area contributed by atoms with E-state index in [9.17, 15) is 5.11 Å². The number of rotatable bonds is 8. The maximum Gasteiger partial charge on any atom is 0.123 e. The monoisotopic (exact) mass is 321 g/mol. The topological polar surface area (TPSA) is 55.5 Å². The fourth-order valence-corrected chi connectivity index (χ4v) is 2.70. The van der Waals surface area contributed by atoms with Crippen molar-refractivity contribution >= 4 is 0 Å². The number of nitrogens with two attached hydrogens (primary N) is 1. The zero-order valence-electron chi connectivity index (χ0n) is 15.7. The van der Waals surface area contributed by atoms with Crippen molar-refractivity contribution in [3.63, 3.8) is 0 Å². The summed E-state index contributed by atoms with van der Waals surface area (Å²) in [4.78, 5) is 0. The van der Waals surface area contributed by atoms with Gasteiger partial charge in [-0.15, -0.1) is 0 Å². The van der Waals surface area contributed by atoms with Gasteiger partial charge in [-0.2, -0.15) is 0 Å². The maximum atomic E-state index is 9.37. The third-order valence-electron chi connectivity index (χ3n) is 4.23. The van der Waals surface area contributed by atoms with E-state index in [1.54, 1.807) is 0 Å². The van der Waals surface area contributed by atoms with Gasteiger partial charge in [0.25, 0.3) is 0 Å². The van der Waals surface area contributed by atoms with Crippen LogP contribution in [-0.4, -0.2) is 24.9 Å². The van der Waals surface area contributed by atoms with Crippen LogP contribution in [0.3, 0.4) is 0 Å². The van der Waals surface area contributed by atoms with E-state index in [0.29, 0.717) is 18.4 Å². The first-order chi connectivity index (χ1) is 10.7. The average Bonchev–Trinajstić information content (AvgIpc) is 2.49. The van der Waals surface area contributed by atoms with E-state index in [2.05, 4.69) is 59.7 Å². The second kappa shape index (κ2) is 8.70. The standard InChI is InChI=1S/C20H35NO2/c1-14(2)13-23-19-8-7-17(10-18(19)20(4,5)6)15(3)9-16(11-21)12-22/h7-8,10,14-16,22H,9,11-13,21H2,1-6H3. The second-order valence-corrected chi connectivity index (χ2v) is 8.13. The van der Waals surface area contributed by atoms with Gasteiger partial charge in [0, 0.05) is 6.61 Å². The molecule has 3 heteroatoms. The molecule has 3 nitrogen and oxygen atoms in total. The summed E-state index contributed by atoms with van der Waals surface area (Å²) in [6, 6.07) is 6.52. The minimum absolute atomic E-state index is 0.0340. The molecule has 0 radical (unpaired) electrons. The summed E-state index contributed by atoms with van der Waals surface area (Å²) in [6.45, 7) is 14.6. The normalized spacial score (nSPS) is 14.8. The predicted molar refractivity (Wildman–Crippen MR) is 98.1 cm³/mol. The molecule has 1 aromatic rings. The van der Waals surface area contributed by atoms with Gasteiger partial charge in [0.1, 0.15) is 5.75 Å². The molecule has 0 spiro atoms. The molecular formula is C20H35NO2. The molecular weight excluding hydrogens is 286 g/mol. The first-order valence-electron chi connectivity index (χ1n) is 8.77. The summed E-state index contributed by atoms with van der Waals surface area (Å²) in [6.07, 6.45) is 0.906. The van der Waals surface area contributed by atoms with E-state index in [1.165, 1.54) is 11.1 Å². The molecule has 3 N–H and O–H groups in total. The fraction of sp³-hybridized carbons (Fsp3) is 0.700. The average molecular weight is 322 g/mol. The zero-order chi connectivity index (χ0) is 17.6. The van der Waals surface area contributed by atoms with Crippen LogP contribution in [0.15, 0.2) is 18.2 Å². The number of ether oxygens (including phenoxy) is 1. The molecule has 132 valence electrons. The SMILES string of the molecule is CC(C)COc1ccc(C(C)CC(CN)CO)cc1C(C)(C)C. The Bertz CT molecular complexity index is 473. The van der Waals surface area contributed by atoms with Crippen molar-refractivity contribution in [2.24, 2.45) is 17.6 Å². The minimum Gasteiger partial charge on any atom is -0.493 e. The molecule has 1 aromatic carbocycles. The van der Waals surface area contributed by atoms with Gasteiger partial charge in [0.15, 0.2) is 0 Å². The van der Waals surface area contributed by atoms with Crippen LogP contribution in [0.25, 0.3) is 0 Å². The van der Waals surface area contributed by atoms with Crippen molar-refractivity contribution in [3.05, 3.63) is 29.3 Å². The highest BCUT2D eigenvalue weighted by atomic mass is 16.5. The smallest absolute Gasteiger partial charge is 0.123 e. The van der Waals surface area contributed by atoms with Gasteiger partial charge in [-0.1, -0.05) is 53.7 Å². The second-order valence-electron chi connectivity index (χ2n) is 8.13. The maximum absolute atomic E-state index is 9.37. The van der Waals surface area contributed by atoms with E-state index in [1.807, 2.05) is 0 Å². The molecule has 0 bridgehead atoms. The lowest BCUT2D eigenvalue weighted by Crippen LogP contribution is -2.20. The van der Waals surface area contributed by atoms with Crippen LogP contribution >= 0.6 is 0 Å². The van der Waals surface area contributed by atoms with Gasteiger partial charge in [-0.25, -0.2) is 0 Å². The van der Waals surface area contributed by atoms with E-state index in [0.717, 1.165) is 18.8 Å². The largest absolute Gasteiger partial charge is 0.493 e. The third kappa shape index (κ3) is 6.15. The highest BCUT2D eigenvalue weighted by Gasteiger charge is 2.22. The first kappa shape index (κ1) is 20.0. The molecule has 23 heavy (non-hydrogen) atoms. The van der Waals surface area contributed by atoms with Gasteiger partial charge in [0.05, 0.1) is 6.61 Å². The van der Waals surface area contributed by atoms with Gasteiger partial charge >= 0.3 is 0 Å². The molecule has 0 aliphatic rings. The molecule has 2 atom stereocenters. The molecule has 0 aromatic heterocycles. The van der Waals surface area contributed by atoms with Crippen LogP contribution in [0.2, 0.25) is 0 Å². The summed E-state index contributed by atoms with van der Waals surface area (Å²) >= 11 is 0. The highest BCUT2D eigenvalue weighted by Crippen LogP contribution is 2.35. The van der Waals surface area contributed by atoms with Gasteiger partial charge in [-0.05, 0) is 53.3 Å². The lowest BCUT2D eigenvalue weighted by Gasteiger charge is -2.26. The van der Waals surface area contributed by atoms with Crippen LogP contribution in [-0.2, 0) is 5.41 Å². The molecule has 0 saturated heterocycles. The Kier molecular flexibility index (Phi) is 7.56. The number of aliphatic hydroxyl groups is 1. The van der Waals surface area contributed by atoms with Crippen LogP contribution in [0.4, 0.5) is 0 Å². The molecule has 0 fully saturated rings. The van der Waals surface area contributed by atoms with E-state index >= 15 is 0 Å². The lowest BCUT2D eigenvalue weighted by atomic mass is 9.82. The Morgan fingerprint density at radius 1 is 1.17 bits per heavy atom. The van der Waals surface area contributed by atoms with Crippen molar-refractivity contribution in [1.29, 1.82) is 0 Å². The van der Waals surface area contributed by atoms with E-state index in [4.69, 9.17) is 10.5 Å². The van der Waals surface area contributed by atoms with Crippen molar-refractivity contribution in [3.8, 4) is 5.75 Å². The number of aliphatic hydroxyl groups excluding tert-OH is 1. The molecule has 2 unspecified atom stereocenters. The van der Waals surface area contributed by atoms with Crippen molar-refractivity contribution in [1.82, 2.24) is 0 Å². The third-order valence-corrected chi connectivity index (χ3v) is 4.23. The van der Waals surface area contributed by atoms with Gasteiger partial charge in [0.2, 0.25) is 0 Å². The highest BCUT2D eigenvalue weighted by molar-refractivity contribution is 5.42. The van der Waals surface area contributed by atoms with Crippen molar-refractivity contribution < 1.29 is 9.84 Å². The summed E-state index contributed by atoms with van der Waals surface area (Å²) in [5.41, 5.74) is 8.29. The van der Waals surface area contributed by atoms with Crippen LogP contribution < -0.4 is 10.5 Å². The number of benzene rings is 1. The van der Waals surface area contributed by atoms with Crippen molar-refractivity contribution in [2.45, 2.75) is 59.3 Å². The Labute approximate surface area is 142 Å². The summed E-state index contributed by atoms with van der Waals surface area (Å²) < 4.78 is 6.02. The van der Waals surface area contributed by atoms with Crippen LogP contribution in [0.1, 0.15) is 65.0 Å². The molecule has 0 aliphatic heterocycles. The number of hydrogen-bond donors (Lipinski definition) is 2. The fourth-order valence-electron chi connectivity index (χ4n) is 2.70. The molecule has 0 heterocycles.